The molecule has 0 saturated carbocycles. The molecule has 118 valence electrons. The van der Waals surface area contributed by atoms with Crippen molar-refractivity contribution < 1.29 is 9.47 Å². The first kappa shape index (κ1) is 16.5. The summed E-state index contributed by atoms with van der Waals surface area (Å²) in [5, 5.41) is 3.34. The first-order valence-electron chi connectivity index (χ1n) is 8.14. The standard InChI is InChI=1S/C18H29NO2/c1-14(2)11-15-6-8-16(9-7-15)18(19-3)13-20-12-17-5-4-10-21-17/h6-9,14,17-19H,4-5,10-13H2,1-3H3. The molecule has 1 heterocycles. The van der Waals surface area contributed by atoms with Crippen LogP contribution in [0.5, 0.6) is 0 Å². The van der Waals surface area contributed by atoms with E-state index in [-0.39, 0.29) is 6.04 Å². The second kappa shape index (κ2) is 8.52. The van der Waals surface area contributed by atoms with Gasteiger partial charge in [-0.25, -0.2) is 0 Å². The Morgan fingerprint density at radius 1 is 1.29 bits per heavy atom. The molecular weight excluding hydrogens is 262 g/mol. The molecule has 1 aliphatic heterocycles. The fourth-order valence-corrected chi connectivity index (χ4v) is 2.80. The molecule has 0 amide bonds. The van der Waals surface area contributed by atoms with E-state index in [4.69, 9.17) is 9.47 Å². The molecule has 0 aromatic heterocycles. The van der Waals surface area contributed by atoms with Crippen LogP contribution in [0.1, 0.15) is 43.9 Å². The molecule has 3 nitrogen and oxygen atoms in total. The Labute approximate surface area is 129 Å². The molecule has 0 spiro atoms. The predicted molar refractivity (Wildman–Crippen MR) is 86.6 cm³/mol. The highest BCUT2D eigenvalue weighted by Gasteiger charge is 2.17. The molecule has 1 aromatic carbocycles. The minimum atomic E-state index is 0.250. The van der Waals surface area contributed by atoms with E-state index < -0.39 is 0 Å². The lowest BCUT2D eigenvalue weighted by Crippen LogP contribution is -2.24. The maximum atomic E-state index is 5.83. The minimum Gasteiger partial charge on any atom is -0.377 e. The number of benzene rings is 1. The lowest BCUT2D eigenvalue weighted by Gasteiger charge is -2.19. The second-order valence-corrected chi connectivity index (χ2v) is 6.35. The summed E-state index contributed by atoms with van der Waals surface area (Å²) < 4.78 is 11.4. The molecule has 0 bridgehead atoms. The molecule has 1 N–H and O–H groups in total. The van der Waals surface area contributed by atoms with Gasteiger partial charge in [-0.2, -0.15) is 0 Å². The smallest absolute Gasteiger partial charge is 0.0809 e. The van der Waals surface area contributed by atoms with Crippen LogP contribution in [-0.2, 0) is 15.9 Å². The number of likely N-dealkylation sites (N-methyl/N-ethyl adjacent to an activating group) is 1. The molecule has 21 heavy (non-hydrogen) atoms. The number of ether oxygens (including phenoxy) is 2. The summed E-state index contributed by atoms with van der Waals surface area (Å²) in [6.07, 6.45) is 3.74. The summed E-state index contributed by atoms with van der Waals surface area (Å²) >= 11 is 0. The van der Waals surface area contributed by atoms with Gasteiger partial charge < -0.3 is 14.8 Å². The molecule has 3 heteroatoms. The maximum Gasteiger partial charge on any atom is 0.0809 e. The van der Waals surface area contributed by atoms with Crippen molar-refractivity contribution >= 4 is 0 Å². The van der Waals surface area contributed by atoms with Crippen LogP contribution >= 0.6 is 0 Å². The maximum absolute atomic E-state index is 5.83. The molecule has 2 rings (SSSR count). The van der Waals surface area contributed by atoms with Crippen LogP contribution in [0, 0.1) is 5.92 Å². The molecule has 1 aliphatic rings. The predicted octanol–water partition coefficient (Wildman–Crippen LogP) is 3.34. The summed E-state index contributed by atoms with van der Waals surface area (Å²) in [5.41, 5.74) is 2.70. The molecular formula is C18H29NO2. The van der Waals surface area contributed by atoms with Gasteiger partial charge in [0.25, 0.3) is 0 Å². The van der Waals surface area contributed by atoms with Crippen molar-refractivity contribution in [2.24, 2.45) is 5.92 Å². The lowest BCUT2D eigenvalue weighted by atomic mass is 10.00. The van der Waals surface area contributed by atoms with Crippen LogP contribution in [0.2, 0.25) is 0 Å². The highest BCUT2D eigenvalue weighted by atomic mass is 16.5. The molecule has 1 fully saturated rings. The number of rotatable bonds is 8. The van der Waals surface area contributed by atoms with Gasteiger partial charge in [-0.05, 0) is 43.4 Å². The average Bonchev–Trinajstić information content (AvgIpc) is 2.97. The number of hydrogen-bond donors (Lipinski definition) is 1. The molecule has 1 saturated heterocycles. The van der Waals surface area contributed by atoms with Gasteiger partial charge in [-0.15, -0.1) is 0 Å². The zero-order valence-electron chi connectivity index (χ0n) is 13.6. The highest BCUT2D eigenvalue weighted by molar-refractivity contribution is 5.25. The van der Waals surface area contributed by atoms with Crippen molar-refractivity contribution in [1.29, 1.82) is 0 Å². The second-order valence-electron chi connectivity index (χ2n) is 6.35. The Kier molecular flexibility index (Phi) is 6.68. The summed E-state index contributed by atoms with van der Waals surface area (Å²) in [6, 6.07) is 9.15. The fraction of sp³-hybridized carbons (Fsp3) is 0.667. The van der Waals surface area contributed by atoms with E-state index in [2.05, 4.69) is 43.4 Å². The highest BCUT2D eigenvalue weighted by Crippen LogP contribution is 2.17. The Hall–Kier alpha value is -0.900. The van der Waals surface area contributed by atoms with Crippen molar-refractivity contribution in [1.82, 2.24) is 5.32 Å². The van der Waals surface area contributed by atoms with Gasteiger partial charge in [-0.1, -0.05) is 38.1 Å². The number of hydrogen-bond acceptors (Lipinski definition) is 3. The lowest BCUT2D eigenvalue weighted by molar-refractivity contribution is 0.0105. The van der Waals surface area contributed by atoms with Gasteiger partial charge >= 0.3 is 0 Å². The van der Waals surface area contributed by atoms with Crippen molar-refractivity contribution in [2.75, 3.05) is 26.9 Å². The molecule has 0 radical (unpaired) electrons. The van der Waals surface area contributed by atoms with Crippen molar-refractivity contribution in [2.45, 2.75) is 45.3 Å². The largest absolute Gasteiger partial charge is 0.377 e. The van der Waals surface area contributed by atoms with Crippen molar-refractivity contribution in [3.63, 3.8) is 0 Å². The van der Waals surface area contributed by atoms with Crippen LogP contribution < -0.4 is 5.32 Å². The van der Waals surface area contributed by atoms with Gasteiger partial charge in [-0.3, -0.25) is 0 Å². The molecule has 2 atom stereocenters. The van der Waals surface area contributed by atoms with Gasteiger partial charge in [0.2, 0.25) is 0 Å². The summed E-state index contributed by atoms with van der Waals surface area (Å²) in [5.74, 6) is 0.700. The van der Waals surface area contributed by atoms with Gasteiger partial charge in [0.05, 0.1) is 25.4 Å². The van der Waals surface area contributed by atoms with Crippen molar-refractivity contribution in [3.05, 3.63) is 35.4 Å². The van der Waals surface area contributed by atoms with Crippen LogP contribution in [-0.4, -0.2) is 33.0 Å². The third kappa shape index (κ3) is 5.42. The summed E-state index contributed by atoms with van der Waals surface area (Å²) in [6.45, 7) is 6.80. The van der Waals surface area contributed by atoms with E-state index in [0.29, 0.717) is 25.2 Å². The topological polar surface area (TPSA) is 30.5 Å². The van der Waals surface area contributed by atoms with E-state index in [9.17, 15) is 0 Å². The fourth-order valence-electron chi connectivity index (χ4n) is 2.80. The first-order chi connectivity index (χ1) is 10.2. The normalized spacial score (nSPS) is 20.1. The van der Waals surface area contributed by atoms with Gasteiger partial charge in [0, 0.05) is 6.61 Å². The zero-order chi connectivity index (χ0) is 15.1. The van der Waals surface area contributed by atoms with E-state index in [0.717, 1.165) is 19.4 Å². The SMILES string of the molecule is CNC(COCC1CCCO1)c1ccc(CC(C)C)cc1. The zero-order valence-corrected chi connectivity index (χ0v) is 13.6. The minimum absolute atomic E-state index is 0.250. The Balaban J connectivity index is 1.81. The molecule has 2 unspecified atom stereocenters. The Morgan fingerprint density at radius 3 is 2.62 bits per heavy atom. The third-order valence-corrected chi connectivity index (χ3v) is 3.99. The van der Waals surface area contributed by atoms with E-state index >= 15 is 0 Å². The third-order valence-electron chi connectivity index (χ3n) is 3.99. The van der Waals surface area contributed by atoms with E-state index in [1.54, 1.807) is 0 Å². The van der Waals surface area contributed by atoms with E-state index in [1.807, 2.05) is 7.05 Å². The van der Waals surface area contributed by atoms with Crippen LogP contribution in [0.3, 0.4) is 0 Å². The average molecular weight is 291 g/mol. The summed E-state index contributed by atoms with van der Waals surface area (Å²) in [4.78, 5) is 0. The van der Waals surface area contributed by atoms with E-state index in [1.165, 1.54) is 17.5 Å². The van der Waals surface area contributed by atoms with Crippen molar-refractivity contribution in [3.8, 4) is 0 Å². The first-order valence-corrected chi connectivity index (χ1v) is 8.14. The Bertz CT molecular complexity index is 396. The van der Waals surface area contributed by atoms with Crippen LogP contribution in [0.15, 0.2) is 24.3 Å². The molecule has 1 aromatic rings. The number of nitrogens with one attached hydrogen (secondary N) is 1. The van der Waals surface area contributed by atoms with Crippen LogP contribution in [0.4, 0.5) is 0 Å². The molecule has 0 aliphatic carbocycles. The summed E-state index contributed by atoms with van der Waals surface area (Å²) in [7, 11) is 1.99. The monoisotopic (exact) mass is 291 g/mol. The van der Waals surface area contributed by atoms with Gasteiger partial charge in [0.1, 0.15) is 0 Å². The van der Waals surface area contributed by atoms with Gasteiger partial charge in [0.15, 0.2) is 0 Å². The van der Waals surface area contributed by atoms with Crippen LogP contribution in [0.25, 0.3) is 0 Å². The quantitative estimate of drug-likeness (QED) is 0.797. The Morgan fingerprint density at radius 2 is 2.05 bits per heavy atom.